The summed E-state index contributed by atoms with van der Waals surface area (Å²) in [7, 11) is 0. The van der Waals surface area contributed by atoms with Crippen molar-refractivity contribution >= 4 is 11.7 Å². The molecule has 4 nitrogen and oxygen atoms in total. The molecule has 3 rings (SSSR count). The van der Waals surface area contributed by atoms with Gasteiger partial charge in [0.25, 0.3) is 5.91 Å². The molecular weight excluding hydrogens is 322 g/mol. The number of hydrogen-bond donors (Lipinski definition) is 0. The van der Waals surface area contributed by atoms with Gasteiger partial charge < -0.3 is 9.80 Å². The molecular formula is C22H29N3O. The smallest absolute Gasteiger partial charge is 0.254 e. The van der Waals surface area contributed by atoms with Gasteiger partial charge in [0.1, 0.15) is 5.82 Å². The predicted molar refractivity (Wildman–Crippen MR) is 106 cm³/mol. The minimum absolute atomic E-state index is 0.0893. The van der Waals surface area contributed by atoms with E-state index in [1.165, 1.54) is 0 Å². The van der Waals surface area contributed by atoms with E-state index in [2.05, 4.69) is 38.7 Å². The van der Waals surface area contributed by atoms with Gasteiger partial charge in [-0.2, -0.15) is 0 Å². The third-order valence-electron chi connectivity index (χ3n) is 5.07. The molecule has 26 heavy (non-hydrogen) atoms. The van der Waals surface area contributed by atoms with Crippen LogP contribution >= 0.6 is 0 Å². The van der Waals surface area contributed by atoms with E-state index in [-0.39, 0.29) is 11.9 Å². The highest BCUT2D eigenvalue weighted by molar-refractivity contribution is 5.94. The molecule has 1 aromatic heterocycles. The lowest BCUT2D eigenvalue weighted by Crippen LogP contribution is -2.39. The van der Waals surface area contributed by atoms with Gasteiger partial charge in [-0.05, 0) is 58.7 Å². The van der Waals surface area contributed by atoms with Crippen molar-refractivity contribution < 1.29 is 4.79 Å². The van der Waals surface area contributed by atoms with E-state index in [1.54, 1.807) is 0 Å². The number of anilines is 1. The summed E-state index contributed by atoms with van der Waals surface area (Å²) < 4.78 is 0. The van der Waals surface area contributed by atoms with E-state index in [0.29, 0.717) is 12.1 Å². The number of benzene rings is 1. The maximum absolute atomic E-state index is 13.1. The summed E-state index contributed by atoms with van der Waals surface area (Å²) in [6.07, 6.45) is 3.87. The molecule has 0 spiro atoms. The summed E-state index contributed by atoms with van der Waals surface area (Å²) in [6, 6.07) is 14.5. The molecule has 1 fully saturated rings. The van der Waals surface area contributed by atoms with E-state index in [9.17, 15) is 4.79 Å². The molecule has 0 N–H and O–H groups in total. The van der Waals surface area contributed by atoms with Gasteiger partial charge in [0.15, 0.2) is 0 Å². The number of carbonyl (C=O) groups is 1. The number of aromatic nitrogens is 1. The molecule has 1 aliphatic heterocycles. The molecule has 0 aliphatic carbocycles. The van der Waals surface area contributed by atoms with Crippen LogP contribution in [0.15, 0.2) is 48.7 Å². The Labute approximate surface area is 156 Å². The average Bonchev–Trinajstić information content (AvgIpc) is 3.11. The monoisotopic (exact) mass is 351 g/mol. The summed E-state index contributed by atoms with van der Waals surface area (Å²) in [6.45, 7) is 9.58. The Balaban J connectivity index is 1.97. The molecule has 1 amide bonds. The van der Waals surface area contributed by atoms with Crippen molar-refractivity contribution in [2.75, 3.05) is 11.4 Å². The minimum Gasteiger partial charge on any atom is -0.351 e. The second kappa shape index (κ2) is 7.90. The number of likely N-dealkylation sites (tertiary alicyclic amines) is 1. The highest BCUT2D eigenvalue weighted by Gasteiger charge is 2.33. The number of carbonyl (C=O) groups excluding carboxylic acids is 1. The Hall–Kier alpha value is -2.36. The maximum atomic E-state index is 13.1. The van der Waals surface area contributed by atoms with Crippen LogP contribution in [0.2, 0.25) is 0 Å². The quantitative estimate of drug-likeness (QED) is 0.784. The van der Waals surface area contributed by atoms with Gasteiger partial charge in [-0.3, -0.25) is 4.79 Å². The van der Waals surface area contributed by atoms with Gasteiger partial charge >= 0.3 is 0 Å². The lowest BCUT2D eigenvalue weighted by atomic mass is 10.0. The fourth-order valence-electron chi connectivity index (χ4n) is 4.05. The van der Waals surface area contributed by atoms with Crippen LogP contribution in [0.25, 0.3) is 0 Å². The maximum Gasteiger partial charge on any atom is 0.254 e. The van der Waals surface area contributed by atoms with Gasteiger partial charge in [-0.15, -0.1) is 0 Å². The number of hydrogen-bond acceptors (Lipinski definition) is 3. The molecule has 0 unspecified atom stereocenters. The molecule has 0 bridgehead atoms. The Morgan fingerprint density at radius 3 is 2.42 bits per heavy atom. The Kier molecular flexibility index (Phi) is 5.60. The average molecular weight is 351 g/mol. The lowest BCUT2D eigenvalue weighted by Gasteiger charge is -2.35. The van der Waals surface area contributed by atoms with Crippen LogP contribution in [0, 0.1) is 0 Å². The molecule has 138 valence electrons. The van der Waals surface area contributed by atoms with Crippen LogP contribution in [-0.2, 0) is 0 Å². The van der Waals surface area contributed by atoms with Gasteiger partial charge in [0.05, 0.1) is 6.04 Å². The molecule has 0 radical (unpaired) electrons. The Morgan fingerprint density at radius 1 is 1.08 bits per heavy atom. The summed E-state index contributed by atoms with van der Waals surface area (Å²) >= 11 is 0. The van der Waals surface area contributed by atoms with E-state index in [4.69, 9.17) is 4.98 Å². The van der Waals surface area contributed by atoms with E-state index >= 15 is 0 Å². The SMILES string of the molecule is CC(C)N(c1ncccc1[C@H]1CCCN1C(=O)c1ccccc1)C(C)C. The summed E-state index contributed by atoms with van der Waals surface area (Å²) in [5, 5.41) is 0. The van der Waals surface area contributed by atoms with Crippen molar-refractivity contribution in [2.45, 2.75) is 58.7 Å². The first kappa shape index (κ1) is 18.4. The highest BCUT2D eigenvalue weighted by atomic mass is 16.2. The van der Waals surface area contributed by atoms with E-state index in [1.807, 2.05) is 47.5 Å². The highest BCUT2D eigenvalue weighted by Crippen LogP contribution is 2.38. The Morgan fingerprint density at radius 2 is 1.77 bits per heavy atom. The standard InChI is InChI=1S/C22H29N3O/c1-16(2)25(17(3)4)21-19(12-8-14-23-21)20-13-9-15-24(20)22(26)18-10-6-5-7-11-18/h5-8,10-12,14,16-17,20H,9,13,15H2,1-4H3/t20-/m1/s1. The largest absolute Gasteiger partial charge is 0.351 e. The molecule has 1 atom stereocenters. The van der Waals surface area contributed by atoms with Crippen LogP contribution in [0.3, 0.4) is 0 Å². The van der Waals surface area contributed by atoms with Gasteiger partial charge in [-0.1, -0.05) is 24.3 Å². The third kappa shape index (κ3) is 3.59. The molecule has 1 aliphatic rings. The summed E-state index contributed by atoms with van der Waals surface area (Å²) in [4.78, 5) is 22.2. The second-order valence-corrected chi connectivity index (χ2v) is 7.53. The van der Waals surface area contributed by atoms with Gasteiger partial charge in [0.2, 0.25) is 0 Å². The number of pyridine rings is 1. The third-order valence-corrected chi connectivity index (χ3v) is 5.07. The topological polar surface area (TPSA) is 36.4 Å². The van der Waals surface area contributed by atoms with Gasteiger partial charge in [-0.25, -0.2) is 4.98 Å². The van der Waals surface area contributed by atoms with Crippen LogP contribution in [0.1, 0.15) is 62.5 Å². The van der Waals surface area contributed by atoms with Crippen LogP contribution < -0.4 is 4.90 Å². The second-order valence-electron chi connectivity index (χ2n) is 7.53. The van der Waals surface area contributed by atoms with Crippen LogP contribution in [0.5, 0.6) is 0 Å². The lowest BCUT2D eigenvalue weighted by molar-refractivity contribution is 0.0735. The van der Waals surface area contributed by atoms with Crippen molar-refractivity contribution in [3.63, 3.8) is 0 Å². The minimum atomic E-state index is 0.0893. The molecule has 2 heterocycles. The zero-order chi connectivity index (χ0) is 18.7. The first-order chi connectivity index (χ1) is 12.5. The van der Waals surface area contributed by atoms with Crippen molar-refractivity contribution in [1.82, 2.24) is 9.88 Å². The number of nitrogens with zero attached hydrogens (tertiary/aromatic N) is 3. The molecule has 1 aromatic carbocycles. The van der Waals surface area contributed by atoms with Crippen molar-refractivity contribution in [3.05, 3.63) is 59.8 Å². The van der Waals surface area contributed by atoms with E-state index in [0.717, 1.165) is 36.3 Å². The fraction of sp³-hybridized carbons (Fsp3) is 0.455. The van der Waals surface area contributed by atoms with Crippen LogP contribution in [0.4, 0.5) is 5.82 Å². The first-order valence-corrected chi connectivity index (χ1v) is 9.60. The number of amides is 1. The fourth-order valence-corrected chi connectivity index (χ4v) is 4.05. The normalized spacial score (nSPS) is 17.2. The molecule has 0 saturated carbocycles. The molecule has 4 heteroatoms. The molecule has 2 aromatic rings. The van der Waals surface area contributed by atoms with Crippen LogP contribution in [-0.4, -0.2) is 34.4 Å². The first-order valence-electron chi connectivity index (χ1n) is 9.60. The molecule has 1 saturated heterocycles. The zero-order valence-electron chi connectivity index (χ0n) is 16.2. The van der Waals surface area contributed by atoms with E-state index < -0.39 is 0 Å². The van der Waals surface area contributed by atoms with Gasteiger partial charge in [0, 0.05) is 36.0 Å². The summed E-state index contributed by atoms with van der Waals surface area (Å²) in [5.74, 6) is 1.12. The zero-order valence-corrected chi connectivity index (χ0v) is 16.2. The Bertz CT molecular complexity index is 734. The predicted octanol–water partition coefficient (Wildman–Crippen LogP) is 4.68. The summed E-state index contributed by atoms with van der Waals surface area (Å²) in [5.41, 5.74) is 1.92. The van der Waals surface area contributed by atoms with Crippen molar-refractivity contribution in [1.29, 1.82) is 0 Å². The van der Waals surface area contributed by atoms with Crippen molar-refractivity contribution in [2.24, 2.45) is 0 Å². The number of rotatable bonds is 5. The van der Waals surface area contributed by atoms with Crippen molar-refractivity contribution in [3.8, 4) is 0 Å².